The van der Waals surface area contributed by atoms with E-state index < -0.39 is 162 Å². The van der Waals surface area contributed by atoms with Gasteiger partial charge in [-0.2, -0.15) is 0 Å². The average Bonchev–Trinajstić information content (AvgIpc) is 3.21. The number of fused-ring (bicyclic) bond motifs is 1. The summed E-state index contributed by atoms with van der Waals surface area (Å²) in [7, 11) is 0. The van der Waals surface area contributed by atoms with Crippen molar-refractivity contribution in [1.29, 1.82) is 0 Å². The number of alkyl carbamates (subject to hydrolysis) is 5. The molecule has 9 N–H and O–H groups in total. The van der Waals surface area contributed by atoms with Crippen LogP contribution in [-0.4, -0.2) is 190 Å². The Labute approximate surface area is 433 Å². The third kappa shape index (κ3) is 17.8. The van der Waals surface area contributed by atoms with E-state index >= 15 is 0 Å². The molecule has 5 rings (SSSR count). The van der Waals surface area contributed by atoms with Gasteiger partial charge in [0.15, 0.2) is 18.4 Å². The molecular formula is C49H85N5O20. The van der Waals surface area contributed by atoms with E-state index in [1.54, 1.807) is 104 Å². The maximum absolute atomic E-state index is 13.7. The van der Waals surface area contributed by atoms with Crippen LogP contribution in [0.25, 0.3) is 0 Å². The van der Waals surface area contributed by atoms with Gasteiger partial charge in [0.1, 0.15) is 89.0 Å². The molecule has 3 heterocycles. The highest BCUT2D eigenvalue weighted by Crippen LogP contribution is 2.42. The van der Waals surface area contributed by atoms with E-state index in [1.807, 2.05) is 0 Å². The Kier molecular flexibility index (Phi) is 19.5. The molecule has 426 valence electrons. The number of hydrogen-bond acceptors (Lipinski definition) is 20. The first-order valence-electron chi connectivity index (χ1n) is 25.5. The van der Waals surface area contributed by atoms with Gasteiger partial charge in [-0.15, -0.1) is 0 Å². The van der Waals surface area contributed by atoms with Gasteiger partial charge in [-0.1, -0.05) is 6.42 Å². The molecule has 25 nitrogen and oxygen atoms in total. The average molecular weight is 1060 g/mol. The van der Waals surface area contributed by atoms with Gasteiger partial charge < -0.3 is 99.1 Å². The molecule has 2 saturated carbocycles. The molecule has 5 amide bonds. The summed E-state index contributed by atoms with van der Waals surface area (Å²) in [5.41, 5.74) is -4.93. The monoisotopic (exact) mass is 1060 g/mol. The second-order valence-electron chi connectivity index (χ2n) is 24.6. The molecule has 2 aliphatic carbocycles. The lowest BCUT2D eigenvalue weighted by molar-refractivity contribution is -0.389. The molecule has 25 heteroatoms. The molecule has 15 atom stereocenters. The number of aliphatic hydroxyl groups is 4. The van der Waals surface area contributed by atoms with E-state index in [1.165, 1.54) is 0 Å². The lowest BCUT2D eigenvalue weighted by Crippen LogP contribution is -2.72. The van der Waals surface area contributed by atoms with Crippen LogP contribution in [0.1, 0.15) is 142 Å². The standard InChI is InChI=1S/C49H85N5O20/c1-44(2,3)70-39(59)50-22-26-30(55)31(56)29(54-43(63)74-48(13,14)15)37(65-26)67-34-24(51-40(60)71-45(4,5)6)21-25(52-41(61)72-46(7,8)9)35(33(34)58)68-38-32(57)28(53-42(62)73-47(10,11)12)36-27(66-38)23-64-49(69-36)19-17-16-18-20-49/h24-38,55-58H,16-23H2,1-15H3,(H,50,59)(H,51,60)(H,52,61)(H,53,62)(H,54,63). The first-order valence-corrected chi connectivity index (χ1v) is 25.5. The minimum absolute atomic E-state index is 0.0483. The summed E-state index contributed by atoms with van der Waals surface area (Å²) in [6, 6.07) is -5.57. The van der Waals surface area contributed by atoms with Crippen molar-refractivity contribution < 1.29 is 96.5 Å². The van der Waals surface area contributed by atoms with Crippen LogP contribution in [0.4, 0.5) is 24.0 Å². The molecule has 0 aromatic carbocycles. The number of rotatable bonds is 10. The Balaban J connectivity index is 1.56. The van der Waals surface area contributed by atoms with Crippen LogP contribution >= 0.6 is 0 Å². The molecule has 5 aliphatic rings. The van der Waals surface area contributed by atoms with E-state index in [0.717, 1.165) is 19.3 Å². The number of carbonyl (C=O) groups excluding carboxylic acids is 5. The smallest absolute Gasteiger partial charge is 0.408 e. The second-order valence-corrected chi connectivity index (χ2v) is 24.6. The third-order valence-corrected chi connectivity index (χ3v) is 12.0. The second kappa shape index (κ2) is 23.7. The highest BCUT2D eigenvalue weighted by molar-refractivity contribution is 5.70. The zero-order valence-electron chi connectivity index (χ0n) is 45.6. The van der Waals surface area contributed by atoms with Gasteiger partial charge in [-0.05, 0) is 123 Å². The number of aliphatic hydroxyl groups excluding tert-OH is 4. The Morgan fingerprint density at radius 1 is 0.514 bits per heavy atom. The van der Waals surface area contributed by atoms with Crippen molar-refractivity contribution in [3.8, 4) is 0 Å². The summed E-state index contributed by atoms with van der Waals surface area (Å²) in [4.78, 5) is 66.9. The molecule has 0 radical (unpaired) electrons. The molecular weight excluding hydrogens is 979 g/mol. The van der Waals surface area contributed by atoms with Crippen LogP contribution in [0.2, 0.25) is 0 Å². The first-order chi connectivity index (χ1) is 33.9. The number of ether oxygens (including phenoxy) is 11. The normalized spacial score (nSPS) is 33.7. The summed E-state index contributed by atoms with van der Waals surface area (Å²) >= 11 is 0. The van der Waals surface area contributed by atoms with Crippen molar-refractivity contribution in [2.75, 3.05) is 13.2 Å². The zero-order valence-corrected chi connectivity index (χ0v) is 45.6. The summed E-state index contributed by atoms with van der Waals surface area (Å²) in [6.07, 6.45) is -19.1. The molecule has 5 fully saturated rings. The van der Waals surface area contributed by atoms with E-state index in [0.29, 0.717) is 12.8 Å². The van der Waals surface area contributed by atoms with Crippen LogP contribution in [0, 0.1) is 0 Å². The summed E-state index contributed by atoms with van der Waals surface area (Å²) in [6.45, 7) is 24.0. The van der Waals surface area contributed by atoms with Crippen LogP contribution in [0.3, 0.4) is 0 Å². The highest BCUT2D eigenvalue weighted by atomic mass is 16.8. The van der Waals surface area contributed by atoms with Gasteiger partial charge >= 0.3 is 30.5 Å². The fraction of sp³-hybridized carbons (Fsp3) is 0.898. The number of carbonyl (C=O) groups is 5. The van der Waals surface area contributed by atoms with Crippen LogP contribution in [0.15, 0.2) is 0 Å². The van der Waals surface area contributed by atoms with Crippen molar-refractivity contribution in [2.45, 2.75) is 268 Å². The molecule has 3 aliphatic heterocycles. The van der Waals surface area contributed by atoms with E-state index in [9.17, 15) is 44.4 Å². The molecule has 0 aromatic heterocycles. The molecule has 3 saturated heterocycles. The minimum atomic E-state index is -1.98. The summed E-state index contributed by atoms with van der Waals surface area (Å²) in [5.74, 6) is -1.00. The SMILES string of the molecule is CC(C)(C)OC(=O)NCC1OC(OC2C(NC(=O)OC(C)(C)C)CC(NC(=O)OC(C)(C)C)C(OC3OC4COC5(CCCCC5)OC4C(NC(=O)OC(C)(C)C)C3O)C2O)C(NC(=O)OC(C)(C)C)C(O)C1O. The van der Waals surface area contributed by atoms with Crippen LogP contribution in [-0.2, 0) is 52.1 Å². The number of nitrogens with one attached hydrogen (secondary N) is 5. The number of amides is 5. The lowest BCUT2D eigenvalue weighted by atomic mass is 9.83. The van der Waals surface area contributed by atoms with Gasteiger partial charge in [-0.3, -0.25) is 0 Å². The van der Waals surface area contributed by atoms with Crippen molar-refractivity contribution in [1.82, 2.24) is 26.6 Å². The molecule has 15 unspecified atom stereocenters. The van der Waals surface area contributed by atoms with Gasteiger partial charge in [0.25, 0.3) is 0 Å². The maximum atomic E-state index is 13.7. The molecule has 1 spiro atoms. The van der Waals surface area contributed by atoms with E-state index in [-0.39, 0.29) is 13.0 Å². The van der Waals surface area contributed by atoms with Crippen LogP contribution in [0.5, 0.6) is 0 Å². The van der Waals surface area contributed by atoms with Gasteiger partial charge in [-0.25, -0.2) is 24.0 Å². The maximum Gasteiger partial charge on any atom is 0.408 e. The topological polar surface area (TPSA) is 328 Å². The first kappa shape index (κ1) is 60.8. The Morgan fingerprint density at radius 2 is 0.946 bits per heavy atom. The lowest BCUT2D eigenvalue weighted by Gasteiger charge is -2.54. The van der Waals surface area contributed by atoms with Crippen molar-refractivity contribution in [2.24, 2.45) is 0 Å². The zero-order chi connectivity index (χ0) is 55.5. The van der Waals surface area contributed by atoms with Gasteiger partial charge in [0, 0.05) is 19.4 Å². The third-order valence-electron chi connectivity index (χ3n) is 12.0. The molecule has 0 bridgehead atoms. The highest BCUT2D eigenvalue weighted by Gasteiger charge is 2.58. The van der Waals surface area contributed by atoms with Crippen molar-refractivity contribution in [3.63, 3.8) is 0 Å². The van der Waals surface area contributed by atoms with Gasteiger partial charge in [0.2, 0.25) is 0 Å². The quantitative estimate of drug-likeness (QED) is 0.142. The fourth-order valence-electron chi connectivity index (χ4n) is 9.18. The Hall–Kier alpha value is -4.05. The Bertz CT molecular complexity index is 1920. The van der Waals surface area contributed by atoms with Crippen LogP contribution < -0.4 is 26.6 Å². The van der Waals surface area contributed by atoms with Gasteiger partial charge in [0.05, 0.1) is 24.7 Å². The summed E-state index contributed by atoms with van der Waals surface area (Å²) in [5, 5.41) is 61.3. The fourth-order valence-corrected chi connectivity index (χ4v) is 9.18. The Morgan fingerprint density at radius 3 is 1.42 bits per heavy atom. The summed E-state index contributed by atoms with van der Waals surface area (Å²) < 4.78 is 66.2. The minimum Gasteiger partial charge on any atom is -0.444 e. The predicted molar refractivity (Wildman–Crippen MR) is 259 cm³/mol. The largest absolute Gasteiger partial charge is 0.444 e. The predicted octanol–water partition coefficient (Wildman–Crippen LogP) is 3.23. The van der Waals surface area contributed by atoms with Crippen molar-refractivity contribution in [3.05, 3.63) is 0 Å². The van der Waals surface area contributed by atoms with E-state index in [4.69, 9.17) is 52.1 Å². The van der Waals surface area contributed by atoms with Crippen molar-refractivity contribution >= 4 is 30.5 Å². The molecule has 74 heavy (non-hydrogen) atoms. The number of hydrogen-bond donors (Lipinski definition) is 9. The van der Waals surface area contributed by atoms with E-state index in [2.05, 4.69) is 26.6 Å². The molecule has 0 aromatic rings.